The van der Waals surface area contributed by atoms with Gasteiger partial charge in [-0.05, 0) is 24.8 Å². The number of nitrogens with zero attached hydrogens (tertiary/aromatic N) is 2. The van der Waals surface area contributed by atoms with Gasteiger partial charge in [0.25, 0.3) is 11.8 Å². The minimum atomic E-state index is -1.24. The number of amides is 1. The van der Waals surface area contributed by atoms with Gasteiger partial charge in [-0.3, -0.25) is 4.79 Å². The minimum absolute atomic E-state index is 0.0607. The first-order valence-electron chi connectivity index (χ1n) is 8.27. The maximum Gasteiger partial charge on any atom is 0.354 e. The highest BCUT2D eigenvalue weighted by Crippen LogP contribution is 2.37. The zero-order valence-electron chi connectivity index (χ0n) is 14.8. The van der Waals surface area contributed by atoms with Crippen molar-refractivity contribution in [3.63, 3.8) is 0 Å². The topological polar surface area (TPSA) is 89.0 Å². The van der Waals surface area contributed by atoms with E-state index in [-0.39, 0.29) is 39.7 Å². The molecule has 2 heterocycles. The third-order valence-corrected chi connectivity index (χ3v) is 4.96. The summed E-state index contributed by atoms with van der Waals surface area (Å²) in [4.78, 5) is 30.2. The lowest BCUT2D eigenvalue weighted by atomic mass is 9.94. The summed E-state index contributed by atoms with van der Waals surface area (Å²) < 4.78 is 23.8. The first kappa shape index (κ1) is 19.2. The van der Waals surface area contributed by atoms with Crippen LogP contribution >= 0.6 is 11.6 Å². The molecular formula is C18H18ClFN2O5. The van der Waals surface area contributed by atoms with Crippen molar-refractivity contribution in [1.82, 2.24) is 9.88 Å². The Morgan fingerprint density at radius 2 is 2.19 bits per heavy atom. The number of carboxylic acids is 1. The monoisotopic (exact) mass is 396 g/mol. The number of aromatic carboxylic acids is 1. The van der Waals surface area contributed by atoms with Crippen LogP contribution in [0.4, 0.5) is 4.39 Å². The van der Waals surface area contributed by atoms with Crippen LogP contribution in [-0.4, -0.2) is 54.2 Å². The molecule has 1 atom stereocenters. The molecule has 1 aromatic heterocycles. The fourth-order valence-corrected chi connectivity index (χ4v) is 3.61. The number of aromatic nitrogens is 1. The lowest BCUT2D eigenvalue weighted by molar-refractivity contribution is 0.0682. The van der Waals surface area contributed by atoms with Crippen LogP contribution in [0, 0.1) is 5.92 Å². The number of carboxylic acid groups (broad SMARTS) is 1. The second-order valence-corrected chi connectivity index (χ2v) is 6.70. The highest BCUT2D eigenvalue weighted by Gasteiger charge is 2.35. The zero-order valence-corrected chi connectivity index (χ0v) is 15.5. The molecular weight excluding hydrogens is 379 g/mol. The number of hydrogen-bond acceptors (Lipinski definition) is 5. The first-order valence-corrected chi connectivity index (χ1v) is 8.64. The van der Waals surface area contributed by atoms with E-state index in [1.165, 1.54) is 20.3 Å². The number of ether oxygens (including phenoxy) is 2. The molecule has 0 spiro atoms. The summed E-state index contributed by atoms with van der Waals surface area (Å²) in [7, 11) is 2.69. The SMILES string of the molecule is COc1nc(C(=O)O)c2c(c1OC)C(=O)N(CC1C=CC(F)=C(Cl)C1)CC2. The van der Waals surface area contributed by atoms with Crippen LogP contribution < -0.4 is 9.47 Å². The summed E-state index contributed by atoms with van der Waals surface area (Å²) in [6.45, 7) is 0.645. The van der Waals surface area contributed by atoms with E-state index < -0.39 is 11.8 Å². The third kappa shape index (κ3) is 3.49. The van der Waals surface area contributed by atoms with Crippen LogP contribution in [0.25, 0.3) is 0 Å². The van der Waals surface area contributed by atoms with Crippen molar-refractivity contribution in [2.24, 2.45) is 5.92 Å². The summed E-state index contributed by atoms with van der Waals surface area (Å²) in [5.74, 6) is -2.17. The molecule has 0 fully saturated rings. The summed E-state index contributed by atoms with van der Waals surface area (Å²) >= 11 is 5.88. The van der Waals surface area contributed by atoms with Crippen LogP contribution in [0.15, 0.2) is 23.0 Å². The molecule has 27 heavy (non-hydrogen) atoms. The zero-order chi connectivity index (χ0) is 19.7. The Morgan fingerprint density at radius 3 is 2.78 bits per heavy atom. The normalized spacial score (nSPS) is 19.2. The van der Waals surface area contributed by atoms with Gasteiger partial charge in [-0.25, -0.2) is 14.2 Å². The van der Waals surface area contributed by atoms with Gasteiger partial charge in [0, 0.05) is 18.7 Å². The number of methoxy groups -OCH3 is 2. The molecule has 1 N–H and O–H groups in total. The molecule has 1 unspecified atom stereocenters. The van der Waals surface area contributed by atoms with E-state index in [2.05, 4.69) is 4.98 Å². The maximum absolute atomic E-state index is 13.4. The molecule has 2 aliphatic rings. The number of hydrogen-bond donors (Lipinski definition) is 1. The standard InChI is InChI=1S/C18H18ClFN2O5/c1-26-15-13-10(14(18(24)25)21-16(15)27-2)5-6-22(17(13)23)8-9-3-4-12(20)11(19)7-9/h3-4,9H,5-8H2,1-2H3,(H,24,25). The van der Waals surface area contributed by atoms with Crippen molar-refractivity contribution >= 4 is 23.5 Å². The largest absolute Gasteiger partial charge is 0.491 e. The predicted octanol–water partition coefficient (Wildman–Crippen LogP) is 2.79. The van der Waals surface area contributed by atoms with Crippen molar-refractivity contribution in [1.29, 1.82) is 0 Å². The van der Waals surface area contributed by atoms with Gasteiger partial charge in [0.05, 0.1) is 24.8 Å². The highest BCUT2D eigenvalue weighted by molar-refractivity contribution is 6.30. The van der Waals surface area contributed by atoms with Crippen LogP contribution in [0.3, 0.4) is 0 Å². The van der Waals surface area contributed by atoms with Crippen LogP contribution in [-0.2, 0) is 6.42 Å². The van der Waals surface area contributed by atoms with Gasteiger partial charge in [-0.15, -0.1) is 0 Å². The Kier molecular flexibility index (Phi) is 5.36. The number of halogens is 2. The van der Waals surface area contributed by atoms with Crippen LogP contribution in [0.5, 0.6) is 11.6 Å². The molecule has 3 rings (SSSR count). The lowest BCUT2D eigenvalue weighted by Crippen LogP contribution is -2.41. The van der Waals surface area contributed by atoms with Crippen molar-refractivity contribution < 1.29 is 28.6 Å². The Morgan fingerprint density at radius 1 is 1.44 bits per heavy atom. The van der Waals surface area contributed by atoms with Crippen molar-refractivity contribution in [3.05, 3.63) is 39.8 Å². The van der Waals surface area contributed by atoms with E-state index in [0.29, 0.717) is 31.5 Å². The van der Waals surface area contributed by atoms with Gasteiger partial charge < -0.3 is 19.5 Å². The van der Waals surface area contributed by atoms with E-state index in [1.54, 1.807) is 11.0 Å². The Labute approximate surface area is 160 Å². The summed E-state index contributed by atoms with van der Waals surface area (Å²) in [6.07, 6.45) is 3.59. The molecule has 1 aliphatic carbocycles. The Hall–Kier alpha value is -2.61. The summed E-state index contributed by atoms with van der Waals surface area (Å²) in [5.41, 5.74) is 0.242. The summed E-state index contributed by atoms with van der Waals surface area (Å²) in [6, 6.07) is 0. The number of fused-ring (bicyclic) bond motifs is 1. The lowest BCUT2D eigenvalue weighted by Gasteiger charge is -2.32. The predicted molar refractivity (Wildman–Crippen MR) is 95.1 cm³/mol. The van der Waals surface area contributed by atoms with E-state index in [0.717, 1.165) is 0 Å². The van der Waals surface area contributed by atoms with Gasteiger partial charge in [-0.2, -0.15) is 0 Å². The van der Waals surface area contributed by atoms with Crippen molar-refractivity contribution in [2.45, 2.75) is 12.8 Å². The molecule has 0 saturated carbocycles. The smallest absolute Gasteiger partial charge is 0.354 e. The van der Waals surface area contributed by atoms with Crippen LogP contribution in [0.1, 0.15) is 32.8 Å². The Bertz CT molecular complexity index is 868. The second kappa shape index (κ2) is 7.56. The van der Waals surface area contributed by atoms with E-state index in [9.17, 15) is 19.1 Å². The minimum Gasteiger partial charge on any atom is -0.491 e. The maximum atomic E-state index is 13.4. The van der Waals surface area contributed by atoms with Crippen molar-refractivity contribution in [2.75, 3.05) is 27.3 Å². The van der Waals surface area contributed by atoms with Gasteiger partial charge >= 0.3 is 5.97 Å². The number of allylic oxidation sites excluding steroid dienone is 3. The third-order valence-electron chi connectivity index (χ3n) is 4.63. The van der Waals surface area contributed by atoms with E-state index >= 15 is 0 Å². The fraction of sp³-hybridized carbons (Fsp3) is 0.389. The molecule has 0 radical (unpaired) electrons. The fourth-order valence-electron chi connectivity index (χ4n) is 3.35. The molecule has 144 valence electrons. The number of carbonyl (C=O) groups is 2. The number of pyridine rings is 1. The molecule has 7 nitrogen and oxygen atoms in total. The van der Waals surface area contributed by atoms with Crippen LogP contribution in [0.2, 0.25) is 0 Å². The van der Waals surface area contributed by atoms with Gasteiger partial charge in [0.15, 0.2) is 11.4 Å². The quantitative estimate of drug-likeness (QED) is 0.823. The van der Waals surface area contributed by atoms with E-state index in [1.807, 2.05) is 0 Å². The molecule has 0 saturated heterocycles. The molecule has 1 aliphatic heterocycles. The average molecular weight is 397 g/mol. The molecule has 0 aromatic carbocycles. The van der Waals surface area contributed by atoms with Gasteiger partial charge in [0.1, 0.15) is 5.83 Å². The van der Waals surface area contributed by atoms with Gasteiger partial charge in [0.2, 0.25) is 0 Å². The summed E-state index contributed by atoms with van der Waals surface area (Å²) in [5, 5.41) is 9.57. The number of carbonyl (C=O) groups excluding carboxylic acids is 1. The first-order chi connectivity index (χ1) is 12.9. The molecule has 0 bridgehead atoms. The second-order valence-electron chi connectivity index (χ2n) is 6.24. The molecule has 1 amide bonds. The van der Waals surface area contributed by atoms with Crippen molar-refractivity contribution in [3.8, 4) is 11.6 Å². The molecule has 9 heteroatoms. The Balaban J connectivity index is 1.95. The molecule has 1 aromatic rings. The van der Waals surface area contributed by atoms with E-state index in [4.69, 9.17) is 21.1 Å². The number of rotatable bonds is 5. The average Bonchev–Trinajstić information content (AvgIpc) is 2.65. The van der Waals surface area contributed by atoms with Gasteiger partial charge in [-0.1, -0.05) is 17.7 Å². The highest BCUT2D eigenvalue weighted by atomic mass is 35.5.